The van der Waals surface area contributed by atoms with Crippen molar-refractivity contribution < 1.29 is 9.59 Å². The Bertz CT molecular complexity index is 879. The molecule has 152 valence electrons. The van der Waals surface area contributed by atoms with E-state index >= 15 is 0 Å². The van der Waals surface area contributed by atoms with Gasteiger partial charge in [-0.25, -0.2) is 9.97 Å². The first-order valence-corrected chi connectivity index (χ1v) is 9.17. The average molecular weight is 507 g/mol. The number of hydrogen-bond acceptors (Lipinski definition) is 6. The fourth-order valence-electron chi connectivity index (χ4n) is 3.40. The molecule has 0 saturated carbocycles. The van der Waals surface area contributed by atoms with Crippen LogP contribution in [-0.4, -0.2) is 76.8 Å². The second-order valence-electron chi connectivity index (χ2n) is 6.57. The van der Waals surface area contributed by atoms with E-state index in [4.69, 9.17) is 5.73 Å². The van der Waals surface area contributed by atoms with Crippen molar-refractivity contribution >= 4 is 47.7 Å². The van der Waals surface area contributed by atoms with E-state index in [1.165, 1.54) is 4.90 Å². The summed E-state index contributed by atoms with van der Waals surface area (Å²) >= 11 is 0. The second-order valence-corrected chi connectivity index (χ2v) is 6.57. The van der Waals surface area contributed by atoms with Gasteiger partial charge in [-0.1, -0.05) is 12.1 Å². The predicted octanol–water partition coefficient (Wildman–Crippen LogP) is 0.827. The van der Waals surface area contributed by atoms with Gasteiger partial charge >= 0.3 is 0 Å². The Morgan fingerprint density at radius 2 is 1.55 bits per heavy atom. The summed E-state index contributed by atoms with van der Waals surface area (Å²) in [5.41, 5.74) is 7.00. The van der Waals surface area contributed by atoms with Crippen molar-refractivity contribution in [2.24, 2.45) is 10.7 Å². The SMILES string of the molecule is I.NC(=NCCN1C(=O)c2ccccc2C1=O)N1CCN(c2ncccn2)CC1. The molecule has 2 aliphatic heterocycles. The minimum atomic E-state index is -0.272. The zero-order valence-corrected chi connectivity index (χ0v) is 18.1. The number of hydrogen-bond donors (Lipinski definition) is 1. The molecule has 0 unspecified atom stereocenters. The Morgan fingerprint density at radius 1 is 0.966 bits per heavy atom. The molecule has 2 aliphatic rings. The molecule has 10 heteroatoms. The van der Waals surface area contributed by atoms with Crippen molar-refractivity contribution in [3.63, 3.8) is 0 Å². The van der Waals surface area contributed by atoms with Gasteiger partial charge < -0.3 is 15.5 Å². The minimum absolute atomic E-state index is 0. The summed E-state index contributed by atoms with van der Waals surface area (Å²) < 4.78 is 0. The number of carbonyl (C=O) groups excluding carboxylic acids is 2. The molecule has 2 N–H and O–H groups in total. The van der Waals surface area contributed by atoms with Crippen LogP contribution in [-0.2, 0) is 0 Å². The fraction of sp³-hybridized carbons (Fsp3) is 0.316. The van der Waals surface area contributed by atoms with Crippen LogP contribution in [0.3, 0.4) is 0 Å². The van der Waals surface area contributed by atoms with Crippen LogP contribution in [0.15, 0.2) is 47.7 Å². The first-order valence-electron chi connectivity index (χ1n) is 9.17. The maximum absolute atomic E-state index is 12.4. The number of nitrogens with zero attached hydrogens (tertiary/aromatic N) is 6. The number of carbonyl (C=O) groups is 2. The van der Waals surface area contributed by atoms with Gasteiger partial charge in [0.15, 0.2) is 5.96 Å². The van der Waals surface area contributed by atoms with Crippen molar-refractivity contribution in [3.8, 4) is 0 Å². The smallest absolute Gasteiger partial charge is 0.261 e. The van der Waals surface area contributed by atoms with Crippen molar-refractivity contribution in [3.05, 3.63) is 53.9 Å². The Labute approximate surface area is 185 Å². The van der Waals surface area contributed by atoms with E-state index in [2.05, 4.69) is 19.9 Å². The third kappa shape index (κ3) is 4.31. The van der Waals surface area contributed by atoms with E-state index in [0.29, 0.717) is 36.1 Å². The van der Waals surface area contributed by atoms with Crippen LogP contribution in [0.5, 0.6) is 0 Å². The molecule has 1 saturated heterocycles. The Hall–Kier alpha value is -2.76. The van der Waals surface area contributed by atoms with Gasteiger partial charge in [0.2, 0.25) is 5.95 Å². The molecule has 9 nitrogen and oxygen atoms in total. The molecule has 0 atom stereocenters. The number of guanidine groups is 1. The minimum Gasteiger partial charge on any atom is -0.370 e. The maximum atomic E-state index is 12.4. The first-order chi connectivity index (χ1) is 13.6. The van der Waals surface area contributed by atoms with E-state index in [9.17, 15) is 9.59 Å². The summed E-state index contributed by atoms with van der Waals surface area (Å²) in [7, 11) is 0. The summed E-state index contributed by atoms with van der Waals surface area (Å²) in [4.78, 5) is 42.9. The number of imide groups is 1. The van der Waals surface area contributed by atoms with Crippen molar-refractivity contribution in [2.45, 2.75) is 0 Å². The summed E-state index contributed by atoms with van der Waals surface area (Å²) in [6.45, 7) is 3.41. The van der Waals surface area contributed by atoms with Gasteiger partial charge in [-0.3, -0.25) is 19.5 Å². The van der Waals surface area contributed by atoms with E-state index in [0.717, 1.165) is 13.1 Å². The van der Waals surface area contributed by atoms with E-state index < -0.39 is 0 Å². The second kappa shape index (κ2) is 9.16. The normalized spacial score (nSPS) is 16.7. The highest BCUT2D eigenvalue weighted by Gasteiger charge is 2.34. The molecule has 4 rings (SSSR count). The third-order valence-corrected chi connectivity index (χ3v) is 4.91. The summed E-state index contributed by atoms with van der Waals surface area (Å²) in [5, 5.41) is 0. The van der Waals surface area contributed by atoms with Crippen LogP contribution in [0, 0.1) is 0 Å². The molecular formula is C19H22IN7O2. The number of amides is 2. The van der Waals surface area contributed by atoms with Crippen molar-refractivity contribution in [2.75, 3.05) is 44.2 Å². The van der Waals surface area contributed by atoms with Gasteiger partial charge in [-0.2, -0.15) is 0 Å². The van der Waals surface area contributed by atoms with Gasteiger partial charge in [-0.05, 0) is 18.2 Å². The van der Waals surface area contributed by atoms with E-state index in [1.807, 2.05) is 4.90 Å². The highest BCUT2D eigenvalue weighted by Crippen LogP contribution is 2.21. The van der Waals surface area contributed by atoms with E-state index in [-0.39, 0.29) is 48.9 Å². The lowest BCUT2D eigenvalue weighted by Gasteiger charge is -2.35. The molecule has 2 aromatic rings. The van der Waals surface area contributed by atoms with Gasteiger partial charge in [0.1, 0.15) is 0 Å². The number of aliphatic imine (C=N–C) groups is 1. The predicted molar refractivity (Wildman–Crippen MR) is 120 cm³/mol. The molecule has 3 heterocycles. The highest BCUT2D eigenvalue weighted by atomic mass is 127. The molecule has 2 amide bonds. The molecule has 0 aliphatic carbocycles. The standard InChI is InChI=1S/C19H21N7O2.HI/c20-18(24-10-12-25(13-11-24)19-22-6-3-7-23-19)21-8-9-26-16(27)14-4-1-2-5-15(14)17(26)28;/h1-7H,8-13H2,(H2,20,21);1H. The number of halogens is 1. The van der Waals surface area contributed by atoms with Crippen molar-refractivity contribution in [1.29, 1.82) is 0 Å². The van der Waals surface area contributed by atoms with Crippen LogP contribution < -0.4 is 10.6 Å². The summed E-state index contributed by atoms with van der Waals surface area (Å²) in [5.74, 6) is 0.588. The van der Waals surface area contributed by atoms with Crippen LogP contribution in [0.1, 0.15) is 20.7 Å². The van der Waals surface area contributed by atoms with Crippen LogP contribution in [0.25, 0.3) is 0 Å². The molecule has 29 heavy (non-hydrogen) atoms. The molecular weight excluding hydrogens is 485 g/mol. The number of fused-ring (bicyclic) bond motifs is 1. The van der Waals surface area contributed by atoms with Gasteiger partial charge in [0, 0.05) is 45.1 Å². The maximum Gasteiger partial charge on any atom is 0.261 e. The number of anilines is 1. The number of piperazine rings is 1. The quantitative estimate of drug-likeness (QED) is 0.283. The van der Waals surface area contributed by atoms with Crippen LogP contribution in [0.2, 0.25) is 0 Å². The lowest BCUT2D eigenvalue weighted by atomic mass is 10.1. The van der Waals surface area contributed by atoms with Gasteiger partial charge in [0.25, 0.3) is 11.8 Å². The molecule has 0 bridgehead atoms. The zero-order chi connectivity index (χ0) is 19.5. The Balaban J connectivity index is 0.00000240. The molecule has 1 fully saturated rings. The number of rotatable bonds is 4. The number of benzene rings is 1. The number of nitrogens with two attached hydrogens (primary N) is 1. The topological polar surface area (TPSA) is 108 Å². The molecule has 0 spiro atoms. The van der Waals surface area contributed by atoms with Gasteiger partial charge in [-0.15, -0.1) is 24.0 Å². The largest absolute Gasteiger partial charge is 0.370 e. The molecule has 0 radical (unpaired) electrons. The fourth-order valence-corrected chi connectivity index (χ4v) is 3.40. The molecule has 1 aromatic carbocycles. The van der Waals surface area contributed by atoms with Crippen molar-refractivity contribution in [1.82, 2.24) is 19.8 Å². The number of aromatic nitrogens is 2. The third-order valence-electron chi connectivity index (χ3n) is 4.91. The van der Waals surface area contributed by atoms with E-state index in [1.54, 1.807) is 42.7 Å². The lowest BCUT2D eigenvalue weighted by Crippen LogP contribution is -2.51. The Kier molecular flexibility index (Phi) is 6.62. The van der Waals surface area contributed by atoms with Crippen LogP contribution in [0.4, 0.5) is 5.95 Å². The first kappa shape index (κ1) is 21.0. The van der Waals surface area contributed by atoms with Crippen LogP contribution >= 0.6 is 24.0 Å². The average Bonchev–Trinajstić information content (AvgIpc) is 2.99. The molecule has 1 aromatic heterocycles. The highest BCUT2D eigenvalue weighted by molar-refractivity contribution is 14.0. The monoisotopic (exact) mass is 507 g/mol. The zero-order valence-electron chi connectivity index (χ0n) is 15.8. The summed E-state index contributed by atoms with van der Waals surface area (Å²) in [6.07, 6.45) is 3.45. The Morgan fingerprint density at radius 3 is 2.14 bits per heavy atom. The van der Waals surface area contributed by atoms with Gasteiger partial charge in [0.05, 0.1) is 17.7 Å². The summed E-state index contributed by atoms with van der Waals surface area (Å²) in [6, 6.07) is 8.64. The lowest BCUT2D eigenvalue weighted by molar-refractivity contribution is 0.0659.